The molecule has 16 heavy (non-hydrogen) atoms. The highest BCUT2D eigenvalue weighted by Crippen LogP contribution is 2.25. The Morgan fingerprint density at radius 1 is 1.12 bits per heavy atom. The summed E-state index contributed by atoms with van der Waals surface area (Å²) in [5.74, 6) is 0.474. The van der Waals surface area contributed by atoms with Crippen molar-refractivity contribution in [2.45, 2.75) is 0 Å². The zero-order chi connectivity index (χ0) is 11.1. The molecule has 4 heteroatoms. The van der Waals surface area contributed by atoms with Gasteiger partial charge >= 0.3 is 0 Å². The maximum atomic E-state index is 11.7. The van der Waals surface area contributed by atoms with E-state index in [2.05, 4.69) is 4.98 Å². The van der Waals surface area contributed by atoms with Crippen molar-refractivity contribution in [3.8, 4) is 11.3 Å². The van der Waals surface area contributed by atoms with Crippen LogP contribution in [0.15, 0.2) is 50.6 Å². The lowest BCUT2D eigenvalue weighted by Gasteiger charge is -2.06. The molecule has 0 saturated heterocycles. The van der Waals surface area contributed by atoms with E-state index in [9.17, 15) is 9.59 Å². The Hall–Kier alpha value is -2.36. The number of pyridine rings is 1. The summed E-state index contributed by atoms with van der Waals surface area (Å²) in [5, 5.41) is 0.494. The van der Waals surface area contributed by atoms with Gasteiger partial charge in [0.25, 0.3) is 0 Å². The maximum Gasteiger partial charge on any atom is 0.248 e. The fourth-order valence-electron chi connectivity index (χ4n) is 1.80. The van der Waals surface area contributed by atoms with Crippen LogP contribution >= 0.6 is 0 Å². The summed E-state index contributed by atoms with van der Waals surface area (Å²) in [6, 6.07) is 7.82. The van der Waals surface area contributed by atoms with Gasteiger partial charge in [0.1, 0.15) is 5.76 Å². The van der Waals surface area contributed by atoms with Crippen LogP contribution in [-0.4, -0.2) is 4.98 Å². The molecule has 0 fully saturated rings. The summed E-state index contributed by atoms with van der Waals surface area (Å²) < 4.78 is 5.22. The normalized spacial score (nSPS) is 11.0. The minimum atomic E-state index is -0.233. The first-order chi connectivity index (χ1) is 7.75. The number of aromatic amines is 1. The van der Waals surface area contributed by atoms with Crippen molar-refractivity contribution in [1.82, 2.24) is 4.98 Å². The van der Waals surface area contributed by atoms with Gasteiger partial charge in [0.2, 0.25) is 5.56 Å². The van der Waals surface area contributed by atoms with Crippen LogP contribution in [0.3, 0.4) is 0 Å². The molecule has 1 aliphatic heterocycles. The monoisotopic (exact) mass is 213 g/mol. The van der Waals surface area contributed by atoms with Gasteiger partial charge in [-0.05, 0) is 18.2 Å². The Morgan fingerprint density at radius 3 is 2.88 bits per heavy atom. The SMILES string of the molecule is O=c1ccc2c(=O)cc3occcc-3c2[nH]1. The average Bonchev–Trinajstić information content (AvgIpc) is 2.29. The van der Waals surface area contributed by atoms with Gasteiger partial charge in [-0.25, -0.2) is 0 Å². The van der Waals surface area contributed by atoms with Gasteiger partial charge in [0.05, 0.1) is 11.8 Å². The highest BCUT2D eigenvalue weighted by atomic mass is 16.3. The van der Waals surface area contributed by atoms with Crippen LogP contribution in [-0.2, 0) is 0 Å². The largest absolute Gasteiger partial charge is 0.464 e. The van der Waals surface area contributed by atoms with E-state index in [1.165, 1.54) is 24.5 Å². The molecule has 0 unspecified atom stereocenters. The third-order valence-corrected chi connectivity index (χ3v) is 2.52. The molecule has 2 aliphatic rings. The van der Waals surface area contributed by atoms with E-state index < -0.39 is 0 Å². The third-order valence-electron chi connectivity index (χ3n) is 2.52. The van der Waals surface area contributed by atoms with Gasteiger partial charge in [0, 0.05) is 23.1 Å². The molecule has 3 rings (SSSR count). The van der Waals surface area contributed by atoms with E-state index >= 15 is 0 Å². The zero-order valence-corrected chi connectivity index (χ0v) is 8.19. The lowest BCUT2D eigenvalue weighted by Crippen LogP contribution is -2.09. The van der Waals surface area contributed by atoms with Crippen molar-refractivity contribution in [1.29, 1.82) is 0 Å². The fourth-order valence-corrected chi connectivity index (χ4v) is 1.80. The number of H-pyrrole nitrogens is 1. The second-order valence-electron chi connectivity index (χ2n) is 3.51. The van der Waals surface area contributed by atoms with Gasteiger partial charge in [-0.1, -0.05) is 0 Å². The van der Waals surface area contributed by atoms with E-state index in [1.807, 2.05) is 0 Å². The number of hydrogen-bond donors (Lipinski definition) is 1. The minimum absolute atomic E-state index is 0.159. The van der Waals surface area contributed by atoms with Crippen LogP contribution in [0.2, 0.25) is 0 Å². The topological polar surface area (TPSA) is 63.1 Å². The molecule has 0 bridgehead atoms. The maximum absolute atomic E-state index is 11.7. The number of fused-ring (bicyclic) bond motifs is 3. The number of nitrogens with one attached hydrogen (secondary N) is 1. The standard InChI is InChI=1S/C12H7NO3/c14-9-6-10-8(2-1-5-16-10)12-7(9)3-4-11(15)13-12/h1-6H,(H,13,15). The third kappa shape index (κ3) is 1.16. The number of hydrogen-bond acceptors (Lipinski definition) is 3. The molecule has 1 N–H and O–H groups in total. The van der Waals surface area contributed by atoms with Gasteiger partial charge in [-0.15, -0.1) is 0 Å². The van der Waals surface area contributed by atoms with Crippen molar-refractivity contribution in [3.63, 3.8) is 0 Å². The van der Waals surface area contributed by atoms with Crippen LogP contribution < -0.4 is 11.0 Å². The molecule has 78 valence electrons. The molecular weight excluding hydrogens is 206 g/mol. The van der Waals surface area contributed by atoms with Crippen molar-refractivity contribution in [3.05, 3.63) is 57.2 Å². The smallest absolute Gasteiger partial charge is 0.248 e. The summed E-state index contributed by atoms with van der Waals surface area (Å²) in [7, 11) is 0. The molecule has 0 aromatic carbocycles. The van der Waals surface area contributed by atoms with Crippen LogP contribution in [0.25, 0.3) is 22.2 Å². The molecule has 0 radical (unpaired) electrons. The predicted molar refractivity (Wildman–Crippen MR) is 59.7 cm³/mol. The van der Waals surface area contributed by atoms with Crippen LogP contribution in [0.1, 0.15) is 0 Å². The van der Waals surface area contributed by atoms with Crippen molar-refractivity contribution in [2.75, 3.05) is 0 Å². The Morgan fingerprint density at radius 2 is 2.00 bits per heavy atom. The molecule has 2 heterocycles. The molecule has 0 saturated carbocycles. The predicted octanol–water partition coefficient (Wildman–Crippen LogP) is 1.59. The highest BCUT2D eigenvalue weighted by Gasteiger charge is 2.11. The minimum Gasteiger partial charge on any atom is -0.464 e. The number of aromatic nitrogens is 1. The summed E-state index contributed by atoms with van der Waals surface area (Å²) in [6.45, 7) is 0. The number of benzene rings is 1. The average molecular weight is 213 g/mol. The molecule has 0 amide bonds. The molecule has 1 aromatic heterocycles. The second kappa shape index (κ2) is 3.06. The first kappa shape index (κ1) is 8.91. The van der Waals surface area contributed by atoms with Crippen molar-refractivity contribution >= 4 is 10.9 Å². The lowest BCUT2D eigenvalue weighted by molar-refractivity contribution is 0.565. The van der Waals surface area contributed by atoms with Gasteiger partial charge in [-0.3, -0.25) is 9.59 Å². The summed E-state index contributed by atoms with van der Waals surface area (Å²) >= 11 is 0. The van der Waals surface area contributed by atoms with Gasteiger partial charge in [0.15, 0.2) is 5.43 Å². The Balaban J connectivity index is 2.67. The second-order valence-corrected chi connectivity index (χ2v) is 3.51. The highest BCUT2D eigenvalue weighted by molar-refractivity contribution is 5.92. The fraction of sp³-hybridized carbons (Fsp3) is 0. The molecule has 1 aliphatic carbocycles. The van der Waals surface area contributed by atoms with Crippen molar-refractivity contribution in [2.24, 2.45) is 0 Å². The summed E-state index contributed by atoms with van der Waals surface area (Å²) in [5.41, 5.74) is 0.867. The Labute approximate surface area is 89.5 Å². The van der Waals surface area contributed by atoms with Crippen LogP contribution in [0.5, 0.6) is 0 Å². The van der Waals surface area contributed by atoms with Gasteiger partial charge in [-0.2, -0.15) is 0 Å². The molecule has 0 atom stereocenters. The van der Waals surface area contributed by atoms with E-state index in [1.54, 1.807) is 12.1 Å². The van der Waals surface area contributed by atoms with E-state index in [-0.39, 0.29) is 11.0 Å². The lowest BCUT2D eigenvalue weighted by atomic mass is 10.1. The zero-order valence-electron chi connectivity index (χ0n) is 8.19. The van der Waals surface area contributed by atoms with Crippen LogP contribution in [0.4, 0.5) is 0 Å². The molecule has 1 aromatic rings. The molecule has 4 nitrogen and oxygen atoms in total. The molecule has 0 spiro atoms. The first-order valence-corrected chi connectivity index (χ1v) is 4.79. The van der Waals surface area contributed by atoms with E-state index in [4.69, 9.17) is 4.42 Å². The first-order valence-electron chi connectivity index (χ1n) is 4.79. The van der Waals surface area contributed by atoms with Crippen LogP contribution in [0, 0.1) is 0 Å². The summed E-state index contributed by atoms with van der Waals surface area (Å²) in [6.07, 6.45) is 1.49. The Kier molecular flexibility index (Phi) is 1.71. The molecular formula is C12H7NO3. The summed E-state index contributed by atoms with van der Waals surface area (Å²) in [4.78, 5) is 25.6. The number of rotatable bonds is 0. The quantitative estimate of drug-likeness (QED) is 0.577. The Bertz CT molecular complexity index is 754. The van der Waals surface area contributed by atoms with Crippen molar-refractivity contribution < 1.29 is 4.42 Å². The van der Waals surface area contributed by atoms with Gasteiger partial charge < -0.3 is 9.40 Å². The van der Waals surface area contributed by atoms with E-state index in [0.717, 1.165) is 5.56 Å². The van der Waals surface area contributed by atoms with E-state index in [0.29, 0.717) is 16.7 Å².